The van der Waals surface area contributed by atoms with E-state index in [2.05, 4.69) is 4.98 Å². The van der Waals surface area contributed by atoms with Gasteiger partial charge in [-0.25, -0.2) is 4.98 Å². The number of pyridine rings is 1. The molecule has 0 radical (unpaired) electrons. The van der Waals surface area contributed by atoms with Crippen molar-refractivity contribution in [3.63, 3.8) is 0 Å². The molecule has 0 aliphatic rings. The van der Waals surface area contributed by atoms with Gasteiger partial charge in [-0.15, -0.1) is 17.0 Å². The number of benzene rings is 1. The molecular weight excluding hydrogens is 308 g/mol. The summed E-state index contributed by atoms with van der Waals surface area (Å²) in [4.78, 5) is 16.4. The third kappa shape index (κ3) is 2.51. The number of nitrogens with zero attached hydrogens (tertiary/aromatic N) is 2. The maximum Gasteiger partial charge on any atom is 0.212 e. The number of carbonyl (C=O) groups excluding carboxylic acids is 1. The van der Waals surface area contributed by atoms with E-state index in [0.29, 0.717) is 16.9 Å². The van der Waals surface area contributed by atoms with E-state index in [1.165, 1.54) is 6.07 Å². The Balaban J connectivity index is 0.00000133. The number of aromatic nitrogens is 2. The van der Waals surface area contributed by atoms with Crippen LogP contribution >= 0.6 is 17.0 Å². The summed E-state index contributed by atoms with van der Waals surface area (Å²) in [6.45, 7) is 0. The number of imidazole rings is 1. The average molecular weight is 319 g/mol. The fraction of sp³-hybridized carbons (Fsp3) is 0. The van der Waals surface area contributed by atoms with Gasteiger partial charge in [0.1, 0.15) is 17.1 Å². The molecule has 0 fully saturated rings. The van der Waals surface area contributed by atoms with Crippen LogP contribution in [0.2, 0.25) is 0 Å². The van der Waals surface area contributed by atoms with Crippen LogP contribution in [0.1, 0.15) is 16.1 Å². The largest absolute Gasteiger partial charge is 0.508 e. The third-order valence-corrected chi connectivity index (χ3v) is 2.71. The van der Waals surface area contributed by atoms with Crippen LogP contribution in [0.25, 0.3) is 5.65 Å². The highest BCUT2D eigenvalue weighted by molar-refractivity contribution is 8.93. The van der Waals surface area contributed by atoms with Gasteiger partial charge in [0.05, 0.1) is 0 Å². The maximum absolute atomic E-state index is 12.2. The summed E-state index contributed by atoms with van der Waals surface area (Å²) < 4.78 is 1.70. The van der Waals surface area contributed by atoms with Crippen LogP contribution in [0.3, 0.4) is 0 Å². The fourth-order valence-corrected chi connectivity index (χ4v) is 1.82. The van der Waals surface area contributed by atoms with Gasteiger partial charge in [-0.3, -0.25) is 4.79 Å². The molecule has 2 aromatic heterocycles. The summed E-state index contributed by atoms with van der Waals surface area (Å²) >= 11 is 0. The first-order chi connectivity index (χ1) is 8.74. The summed E-state index contributed by atoms with van der Waals surface area (Å²) in [5.74, 6) is 0.00519. The molecule has 0 bridgehead atoms. The van der Waals surface area contributed by atoms with E-state index in [1.807, 2.05) is 18.2 Å². The highest BCUT2D eigenvalue weighted by atomic mass is 79.9. The Hall–Kier alpha value is -2.14. The second-order valence-corrected chi connectivity index (χ2v) is 3.97. The Labute approximate surface area is 120 Å². The lowest BCUT2D eigenvalue weighted by molar-refractivity contribution is 0.103. The standard InChI is InChI=1S/C14H10N2O2.BrH/c17-11-6-7-16-9-12(15-13(16)8-11)14(18)10-4-2-1-3-5-10;/h1-9,17H;1H. The zero-order valence-corrected chi connectivity index (χ0v) is 11.6. The Morgan fingerprint density at radius 1 is 1.16 bits per heavy atom. The zero-order valence-electron chi connectivity index (χ0n) is 9.85. The average Bonchev–Trinajstić information content (AvgIpc) is 2.81. The van der Waals surface area contributed by atoms with Gasteiger partial charge in [0, 0.05) is 24.0 Å². The molecule has 0 atom stereocenters. The maximum atomic E-state index is 12.2. The Kier molecular flexibility index (Phi) is 3.66. The van der Waals surface area contributed by atoms with Crippen molar-refractivity contribution in [2.24, 2.45) is 0 Å². The minimum Gasteiger partial charge on any atom is -0.508 e. The van der Waals surface area contributed by atoms with Crippen LogP contribution in [0.4, 0.5) is 0 Å². The van der Waals surface area contributed by atoms with Crippen LogP contribution in [-0.2, 0) is 0 Å². The minimum absolute atomic E-state index is 0. The van der Waals surface area contributed by atoms with Gasteiger partial charge in [-0.2, -0.15) is 0 Å². The van der Waals surface area contributed by atoms with Gasteiger partial charge in [0.15, 0.2) is 0 Å². The molecular formula is C14H11BrN2O2. The quantitative estimate of drug-likeness (QED) is 0.739. The molecule has 1 N–H and O–H groups in total. The van der Waals surface area contributed by atoms with Crippen LogP contribution in [-0.4, -0.2) is 20.3 Å². The lowest BCUT2D eigenvalue weighted by Crippen LogP contribution is -2.00. The molecule has 3 aromatic rings. The number of fused-ring (bicyclic) bond motifs is 1. The van der Waals surface area contributed by atoms with E-state index in [1.54, 1.807) is 35.0 Å². The highest BCUT2D eigenvalue weighted by Gasteiger charge is 2.12. The molecule has 1 aromatic carbocycles. The van der Waals surface area contributed by atoms with Crippen molar-refractivity contribution in [3.05, 3.63) is 66.1 Å². The number of carbonyl (C=O) groups is 1. The van der Waals surface area contributed by atoms with Crippen molar-refractivity contribution in [2.45, 2.75) is 0 Å². The van der Waals surface area contributed by atoms with E-state index >= 15 is 0 Å². The molecule has 0 saturated carbocycles. The first-order valence-electron chi connectivity index (χ1n) is 5.51. The van der Waals surface area contributed by atoms with Gasteiger partial charge in [0.2, 0.25) is 5.78 Å². The monoisotopic (exact) mass is 318 g/mol. The molecule has 96 valence electrons. The van der Waals surface area contributed by atoms with E-state index in [-0.39, 0.29) is 28.5 Å². The van der Waals surface area contributed by atoms with E-state index in [4.69, 9.17) is 0 Å². The number of hydrogen-bond donors (Lipinski definition) is 1. The molecule has 0 amide bonds. The lowest BCUT2D eigenvalue weighted by Gasteiger charge is -1.94. The van der Waals surface area contributed by atoms with E-state index in [0.717, 1.165) is 0 Å². The Bertz CT molecular complexity index is 723. The van der Waals surface area contributed by atoms with Crippen molar-refractivity contribution in [1.82, 2.24) is 9.38 Å². The SMILES string of the molecule is Br.O=C(c1ccccc1)c1cn2ccc(O)cc2n1. The summed E-state index contributed by atoms with van der Waals surface area (Å²) in [6, 6.07) is 12.1. The molecule has 5 heteroatoms. The second-order valence-electron chi connectivity index (χ2n) is 3.97. The summed E-state index contributed by atoms with van der Waals surface area (Å²) in [5, 5.41) is 9.36. The molecule has 0 unspecified atom stereocenters. The molecule has 0 saturated heterocycles. The minimum atomic E-state index is -0.126. The molecule has 2 heterocycles. The number of halogens is 1. The molecule has 0 aliphatic heterocycles. The number of ketones is 1. The van der Waals surface area contributed by atoms with Crippen LogP contribution in [0, 0.1) is 0 Å². The Morgan fingerprint density at radius 3 is 2.63 bits per heavy atom. The molecule has 0 spiro atoms. The van der Waals surface area contributed by atoms with Crippen molar-refractivity contribution in [2.75, 3.05) is 0 Å². The van der Waals surface area contributed by atoms with Crippen molar-refractivity contribution < 1.29 is 9.90 Å². The van der Waals surface area contributed by atoms with Crippen molar-refractivity contribution in [1.29, 1.82) is 0 Å². The van der Waals surface area contributed by atoms with Crippen LogP contribution in [0.15, 0.2) is 54.9 Å². The smallest absolute Gasteiger partial charge is 0.212 e. The predicted octanol–water partition coefficient (Wildman–Crippen LogP) is 2.85. The van der Waals surface area contributed by atoms with Gasteiger partial charge >= 0.3 is 0 Å². The van der Waals surface area contributed by atoms with Crippen LogP contribution < -0.4 is 0 Å². The predicted molar refractivity (Wildman–Crippen MR) is 77.1 cm³/mol. The van der Waals surface area contributed by atoms with Gasteiger partial charge in [0.25, 0.3) is 0 Å². The molecule has 0 aliphatic carbocycles. The number of aromatic hydroxyl groups is 1. The Morgan fingerprint density at radius 2 is 1.89 bits per heavy atom. The summed E-state index contributed by atoms with van der Waals surface area (Å²) in [7, 11) is 0. The second kappa shape index (κ2) is 5.24. The van der Waals surface area contributed by atoms with Crippen LogP contribution in [0.5, 0.6) is 5.75 Å². The van der Waals surface area contributed by atoms with E-state index < -0.39 is 0 Å². The summed E-state index contributed by atoms with van der Waals surface area (Å²) in [6.07, 6.45) is 3.32. The van der Waals surface area contributed by atoms with Crippen molar-refractivity contribution >= 4 is 28.4 Å². The zero-order chi connectivity index (χ0) is 12.5. The van der Waals surface area contributed by atoms with E-state index in [9.17, 15) is 9.90 Å². The normalized spacial score (nSPS) is 10.1. The third-order valence-electron chi connectivity index (χ3n) is 2.71. The van der Waals surface area contributed by atoms with Crippen molar-refractivity contribution in [3.8, 4) is 5.75 Å². The first-order valence-corrected chi connectivity index (χ1v) is 5.51. The fourth-order valence-electron chi connectivity index (χ4n) is 1.82. The van der Waals surface area contributed by atoms with Gasteiger partial charge in [-0.05, 0) is 6.07 Å². The topological polar surface area (TPSA) is 54.6 Å². The van der Waals surface area contributed by atoms with Gasteiger partial charge < -0.3 is 9.51 Å². The molecule has 4 nitrogen and oxygen atoms in total. The number of rotatable bonds is 2. The molecule has 19 heavy (non-hydrogen) atoms. The highest BCUT2D eigenvalue weighted by Crippen LogP contribution is 2.15. The first kappa shape index (κ1) is 13.3. The summed E-state index contributed by atoms with van der Waals surface area (Å²) in [5.41, 5.74) is 1.52. The lowest BCUT2D eigenvalue weighted by atomic mass is 10.1. The number of hydrogen-bond acceptors (Lipinski definition) is 3. The van der Waals surface area contributed by atoms with Gasteiger partial charge in [-0.1, -0.05) is 30.3 Å². The molecule has 3 rings (SSSR count).